The Labute approximate surface area is 129 Å². The predicted molar refractivity (Wildman–Crippen MR) is 83.9 cm³/mol. The summed E-state index contributed by atoms with van der Waals surface area (Å²) < 4.78 is 1.06. The summed E-state index contributed by atoms with van der Waals surface area (Å²) >= 11 is 2.17. The van der Waals surface area contributed by atoms with Crippen LogP contribution in [0.2, 0.25) is 0 Å². The van der Waals surface area contributed by atoms with Gasteiger partial charge in [0.25, 0.3) is 0 Å². The van der Waals surface area contributed by atoms with Gasteiger partial charge in [0.2, 0.25) is 0 Å². The van der Waals surface area contributed by atoms with Crippen LogP contribution in [-0.2, 0) is 16.1 Å². The highest BCUT2D eigenvalue weighted by Crippen LogP contribution is 2.10. The van der Waals surface area contributed by atoms with E-state index in [2.05, 4.69) is 38.2 Å². The molecular formula is C14H12IN3O2. The minimum Gasteiger partial charge on any atom is -0.344 e. The van der Waals surface area contributed by atoms with Crippen LogP contribution < -0.4 is 10.6 Å². The molecule has 0 radical (unpaired) electrons. The van der Waals surface area contributed by atoms with Gasteiger partial charge in [0.05, 0.1) is 0 Å². The fourth-order valence-electron chi connectivity index (χ4n) is 1.48. The first-order valence-corrected chi connectivity index (χ1v) is 6.96. The Balaban J connectivity index is 1.86. The summed E-state index contributed by atoms with van der Waals surface area (Å²) in [5.74, 6) is -1.35. The monoisotopic (exact) mass is 381 g/mol. The number of benzene rings is 1. The van der Waals surface area contributed by atoms with Crippen LogP contribution in [0.25, 0.3) is 0 Å². The zero-order chi connectivity index (χ0) is 14.4. The largest absolute Gasteiger partial charge is 0.344 e. The van der Waals surface area contributed by atoms with Gasteiger partial charge in [0.15, 0.2) is 0 Å². The average molecular weight is 381 g/mol. The lowest BCUT2D eigenvalue weighted by atomic mass is 10.2. The van der Waals surface area contributed by atoms with Crippen molar-refractivity contribution in [1.82, 2.24) is 10.3 Å². The van der Waals surface area contributed by atoms with Gasteiger partial charge in [-0.1, -0.05) is 0 Å². The van der Waals surface area contributed by atoms with Crippen LogP contribution in [0.4, 0.5) is 5.69 Å². The van der Waals surface area contributed by atoms with Gasteiger partial charge in [0.1, 0.15) is 0 Å². The van der Waals surface area contributed by atoms with Gasteiger partial charge < -0.3 is 10.6 Å². The summed E-state index contributed by atoms with van der Waals surface area (Å²) in [5.41, 5.74) is 1.48. The van der Waals surface area contributed by atoms with E-state index in [0.717, 1.165) is 9.13 Å². The highest BCUT2D eigenvalue weighted by atomic mass is 127. The molecule has 0 atom stereocenters. The highest BCUT2D eigenvalue weighted by molar-refractivity contribution is 14.1. The summed E-state index contributed by atoms with van der Waals surface area (Å²) in [6.07, 6.45) is 3.26. The summed E-state index contributed by atoms with van der Waals surface area (Å²) in [6, 6.07) is 10.7. The lowest BCUT2D eigenvalue weighted by Gasteiger charge is -2.06. The second-order valence-corrected chi connectivity index (χ2v) is 5.24. The summed E-state index contributed by atoms with van der Waals surface area (Å²) in [5, 5.41) is 5.09. The minimum absolute atomic E-state index is 0.293. The van der Waals surface area contributed by atoms with Crippen LogP contribution in [0.1, 0.15) is 5.56 Å². The van der Waals surface area contributed by atoms with E-state index < -0.39 is 11.8 Å². The molecule has 2 rings (SSSR count). The zero-order valence-electron chi connectivity index (χ0n) is 10.5. The molecule has 0 bridgehead atoms. The molecule has 5 nitrogen and oxygen atoms in total. The summed E-state index contributed by atoms with van der Waals surface area (Å²) in [7, 11) is 0. The number of rotatable bonds is 3. The van der Waals surface area contributed by atoms with Gasteiger partial charge in [-0.15, -0.1) is 0 Å². The topological polar surface area (TPSA) is 71.1 Å². The van der Waals surface area contributed by atoms with Crippen molar-refractivity contribution in [3.8, 4) is 0 Å². The van der Waals surface area contributed by atoms with Gasteiger partial charge in [-0.2, -0.15) is 0 Å². The van der Waals surface area contributed by atoms with Crippen molar-refractivity contribution in [2.24, 2.45) is 0 Å². The van der Waals surface area contributed by atoms with E-state index in [4.69, 9.17) is 0 Å². The number of anilines is 1. The molecule has 0 fully saturated rings. The normalized spacial score (nSPS) is 9.85. The van der Waals surface area contributed by atoms with Crippen molar-refractivity contribution < 1.29 is 9.59 Å². The molecule has 102 valence electrons. The van der Waals surface area contributed by atoms with Gasteiger partial charge in [-0.25, -0.2) is 0 Å². The molecule has 1 aromatic carbocycles. The lowest BCUT2D eigenvalue weighted by Crippen LogP contribution is -2.34. The zero-order valence-corrected chi connectivity index (χ0v) is 12.6. The Bertz CT molecular complexity index is 600. The number of nitrogens with one attached hydrogen (secondary N) is 2. The average Bonchev–Trinajstić information content (AvgIpc) is 2.48. The molecule has 6 heteroatoms. The Morgan fingerprint density at radius 2 is 1.65 bits per heavy atom. The number of carbonyl (C=O) groups is 2. The van der Waals surface area contributed by atoms with Crippen LogP contribution >= 0.6 is 22.6 Å². The Hall–Kier alpha value is -1.96. The van der Waals surface area contributed by atoms with Gasteiger partial charge in [-0.3, -0.25) is 14.6 Å². The lowest BCUT2D eigenvalue weighted by molar-refractivity contribution is -0.136. The van der Waals surface area contributed by atoms with Crippen LogP contribution in [0.15, 0.2) is 48.8 Å². The van der Waals surface area contributed by atoms with Crippen LogP contribution in [0.3, 0.4) is 0 Å². The second-order valence-electron chi connectivity index (χ2n) is 4.00. The third kappa shape index (κ3) is 4.30. The van der Waals surface area contributed by atoms with E-state index in [1.165, 1.54) is 0 Å². The summed E-state index contributed by atoms with van der Waals surface area (Å²) in [4.78, 5) is 27.2. The van der Waals surface area contributed by atoms with E-state index in [1.54, 1.807) is 36.7 Å². The number of pyridine rings is 1. The maximum atomic E-state index is 11.7. The molecule has 0 aliphatic carbocycles. The number of nitrogens with zero attached hydrogens (tertiary/aromatic N) is 1. The van der Waals surface area contributed by atoms with Crippen LogP contribution in [0.5, 0.6) is 0 Å². The van der Waals surface area contributed by atoms with Gasteiger partial charge in [0, 0.05) is 28.2 Å². The molecule has 0 unspecified atom stereocenters. The van der Waals surface area contributed by atoms with Gasteiger partial charge >= 0.3 is 11.8 Å². The third-order valence-electron chi connectivity index (χ3n) is 2.51. The number of carbonyl (C=O) groups excluding carboxylic acids is 2. The molecule has 2 amide bonds. The van der Waals surface area contributed by atoms with Crippen LogP contribution in [-0.4, -0.2) is 16.8 Å². The molecule has 1 heterocycles. The molecule has 2 N–H and O–H groups in total. The Kier molecular flexibility index (Phi) is 5.05. The number of hydrogen-bond acceptors (Lipinski definition) is 3. The predicted octanol–water partition coefficient (Wildman–Crippen LogP) is 1.94. The third-order valence-corrected chi connectivity index (χ3v) is 3.23. The molecule has 0 spiro atoms. The van der Waals surface area contributed by atoms with Crippen LogP contribution in [0, 0.1) is 3.57 Å². The first-order valence-electron chi connectivity index (χ1n) is 5.89. The maximum absolute atomic E-state index is 11.7. The first kappa shape index (κ1) is 14.4. The second kappa shape index (κ2) is 6.99. The van der Waals surface area contributed by atoms with E-state index in [0.29, 0.717) is 12.2 Å². The number of hydrogen-bond donors (Lipinski definition) is 2. The number of halogens is 1. The molecular weight excluding hydrogens is 369 g/mol. The van der Waals surface area contributed by atoms with Crippen molar-refractivity contribution in [3.05, 3.63) is 57.9 Å². The Morgan fingerprint density at radius 1 is 1.00 bits per heavy atom. The number of aromatic nitrogens is 1. The van der Waals surface area contributed by atoms with Crippen molar-refractivity contribution in [3.63, 3.8) is 0 Å². The standard InChI is InChI=1S/C14H12IN3O2/c15-11-1-3-12(4-2-11)18-14(20)13(19)17-9-10-5-7-16-8-6-10/h1-8H,9H2,(H,17,19)(H,18,20). The minimum atomic E-state index is -0.680. The number of amides is 2. The molecule has 1 aromatic heterocycles. The van der Waals surface area contributed by atoms with Crippen molar-refractivity contribution in [2.75, 3.05) is 5.32 Å². The molecule has 0 saturated carbocycles. The quantitative estimate of drug-likeness (QED) is 0.631. The van der Waals surface area contributed by atoms with Gasteiger partial charge in [-0.05, 0) is 64.6 Å². The molecule has 0 aliphatic heterocycles. The van der Waals surface area contributed by atoms with E-state index in [1.807, 2.05) is 12.1 Å². The maximum Gasteiger partial charge on any atom is 0.313 e. The van der Waals surface area contributed by atoms with E-state index in [-0.39, 0.29) is 0 Å². The molecule has 20 heavy (non-hydrogen) atoms. The SMILES string of the molecule is O=C(NCc1ccncc1)C(=O)Nc1ccc(I)cc1. The molecule has 0 aliphatic rings. The molecule has 0 saturated heterocycles. The van der Waals surface area contributed by atoms with Crippen molar-refractivity contribution in [1.29, 1.82) is 0 Å². The summed E-state index contributed by atoms with van der Waals surface area (Å²) in [6.45, 7) is 0.293. The fraction of sp³-hybridized carbons (Fsp3) is 0.0714. The smallest absolute Gasteiger partial charge is 0.313 e. The van der Waals surface area contributed by atoms with Crippen molar-refractivity contribution in [2.45, 2.75) is 6.54 Å². The van der Waals surface area contributed by atoms with E-state index >= 15 is 0 Å². The molecule has 2 aromatic rings. The fourth-order valence-corrected chi connectivity index (χ4v) is 1.84. The Morgan fingerprint density at radius 3 is 2.30 bits per heavy atom. The first-order chi connectivity index (χ1) is 9.65. The van der Waals surface area contributed by atoms with E-state index in [9.17, 15) is 9.59 Å². The highest BCUT2D eigenvalue weighted by Gasteiger charge is 2.13. The van der Waals surface area contributed by atoms with Crippen molar-refractivity contribution >= 4 is 40.1 Å².